The van der Waals surface area contributed by atoms with Crippen LogP contribution in [0.5, 0.6) is 5.75 Å². The molecule has 0 spiro atoms. The largest absolute Gasteiger partial charge is 0.485 e. The molecule has 3 atom stereocenters. The van der Waals surface area contributed by atoms with E-state index in [1.165, 1.54) is 0 Å². The maximum absolute atomic E-state index is 14.3. The molecule has 3 unspecified atom stereocenters. The molecule has 0 amide bonds. The molecule has 0 aromatic heterocycles. The number of hydrogen-bond donors (Lipinski definition) is 0. The summed E-state index contributed by atoms with van der Waals surface area (Å²) in [4.78, 5) is 47.3. The van der Waals surface area contributed by atoms with E-state index in [-0.39, 0.29) is 33.6 Å². The second kappa shape index (κ2) is 5.13. The Kier molecular flexibility index (Phi) is 3.12. The van der Waals surface area contributed by atoms with Crippen LogP contribution in [0, 0.1) is 5.92 Å². The first kappa shape index (κ1) is 17.7. The summed E-state index contributed by atoms with van der Waals surface area (Å²) in [7, 11) is 0. The number of esters is 4. The van der Waals surface area contributed by atoms with Crippen molar-refractivity contribution in [3.63, 3.8) is 0 Å². The Hall–Kier alpha value is -3.43. The van der Waals surface area contributed by atoms with Crippen molar-refractivity contribution in [1.29, 1.82) is 0 Å². The average Bonchev–Trinajstić information content (AvgIpc) is 3.07. The number of carbonyl (C=O) groups is 4. The highest BCUT2D eigenvalue weighted by Crippen LogP contribution is 2.56. The monoisotopic (exact) mass is 406 g/mol. The van der Waals surface area contributed by atoms with Crippen molar-refractivity contribution >= 4 is 23.9 Å². The molecule has 148 valence electrons. The molecule has 0 saturated carbocycles. The highest BCUT2D eigenvalue weighted by molar-refractivity contribution is 6.18. The van der Waals surface area contributed by atoms with Gasteiger partial charge in [0.15, 0.2) is 0 Å². The Morgan fingerprint density at radius 1 is 0.862 bits per heavy atom. The Morgan fingerprint density at radius 3 is 2.03 bits per heavy atom. The van der Waals surface area contributed by atoms with Crippen molar-refractivity contribution in [1.82, 2.24) is 0 Å². The summed E-state index contributed by atoms with van der Waals surface area (Å²) in [5, 5.41) is 0. The van der Waals surface area contributed by atoms with Crippen LogP contribution < -0.4 is 4.74 Å². The fourth-order valence-electron chi connectivity index (χ4n) is 4.16. The van der Waals surface area contributed by atoms with Crippen LogP contribution in [-0.2, 0) is 24.5 Å². The van der Waals surface area contributed by atoms with Crippen molar-refractivity contribution in [3.05, 3.63) is 52.1 Å². The lowest BCUT2D eigenvalue weighted by Gasteiger charge is -2.47. The zero-order chi connectivity index (χ0) is 20.9. The van der Waals surface area contributed by atoms with Gasteiger partial charge in [0.1, 0.15) is 17.3 Å². The minimum Gasteiger partial charge on any atom is -0.485 e. The van der Waals surface area contributed by atoms with Crippen LogP contribution in [0.4, 0.5) is 13.2 Å². The third-order valence-electron chi connectivity index (χ3n) is 5.77. The first-order chi connectivity index (χ1) is 13.5. The molecule has 7 nitrogen and oxygen atoms in total. The summed E-state index contributed by atoms with van der Waals surface area (Å²) in [6, 6.07) is 1.98. The smallest absolute Gasteiger partial charge is 0.399 e. The molecule has 0 radical (unpaired) electrons. The molecule has 10 heteroatoms. The van der Waals surface area contributed by atoms with E-state index in [0.717, 1.165) is 31.2 Å². The Morgan fingerprint density at radius 2 is 1.41 bits per heavy atom. The summed E-state index contributed by atoms with van der Waals surface area (Å²) in [6.07, 6.45) is -3.93. The average molecular weight is 406 g/mol. The number of ether oxygens (including phenoxy) is 3. The summed E-state index contributed by atoms with van der Waals surface area (Å²) in [5.41, 5.74) is -3.88. The zero-order valence-corrected chi connectivity index (χ0v) is 14.5. The maximum atomic E-state index is 14.3. The second-order valence-corrected chi connectivity index (χ2v) is 7.22. The lowest BCUT2D eigenvalue weighted by Crippen LogP contribution is -2.54. The summed E-state index contributed by atoms with van der Waals surface area (Å²) >= 11 is 0. The first-order valence-electron chi connectivity index (χ1n) is 8.41. The molecule has 0 N–H and O–H groups in total. The highest BCUT2D eigenvalue weighted by Gasteiger charge is 2.63. The minimum atomic E-state index is -4.83. The standard InChI is InChI=1S/C19H9F3O7/c1-18(19(20,21)22)10-2-6-8(16(25)28-14(6)23)4-12(10)27-13-5-9-7(3-11(13)18)15(24)29-17(9)26/h2-5,10,12H,1H3. The van der Waals surface area contributed by atoms with E-state index in [4.69, 9.17) is 4.74 Å². The van der Waals surface area contributed by atoms with Gasteiger partial charge in [-0.15, -0.1) is 0 Å². The van der Waals surface area contributed by atoms with Gasteiger partial charge in [0.2, 0.25) is 0 Å². The van der Waals surface area contributed by atoms with Crippen LogP contribution in [0.3, 0.4) is 0 Å². The fourth-order valence-corrected chi connectivity index (χ4v) is 4.16. The molecule has 1 aliphatic carbocycles. The van der Waals surface area contributed by atoms with Crippen LogP contribution in [0.25, 0.3) is 0 Å². The van der Waals surface area contributed by atoms with Gasteiger partial charge in [0, 0.05) is 11.5 Å². The van der Waals surface area contributed by atoms with Crippen LogP contribution in [0.15, 0.2) is 35.4 Å². The molecule has 1 aromatic carbocycles. The lowest BCUT2D eigenvalue weighted by molar-refractivity contribution is -0.207. The van der Waals surface area contributed by atoms with Gasteiger partial charge in [-0.05, 0) is 25.1 Å². The van der Waals surface area contributed by atoms with E-state index in [9.17, 15) is 32.3 Å². The first-order valence-corrected chi connectivity index (χ1v) is 8.41. The molecule has 1 saturated heterocycles. The normalized spacial score (nSPS) is 29.7. The van der Waals surface area contributed by atoms with Gasteiger partial charge in [0.25, 0.3) is 0 Å². The number of hydrogen-bond acceptors (Lipinski definition) is 7. The van der Waals surface area contributed by atoms with Crippen LogP contribution >= 0.6 is 0 Å². The van der Waals surface area contributed by atoms with Gasteiger partial charge < -0.3 is 14.2 Å². The summed E-state index contributed by atoms with van der Waals surface area (Å²) in [5.74, 6) is -5.71. The van der Waals surface area contributed by atoms with Crippen molar-refractivity contribution in [3.8, 4) is 5.75 Å². The number of rotatable bonds is 0. The molecule has 3 heterocycles. The third-order valence-corrected chi connectivity index (χ3v) is 5.77. The molecule has 0 bridgehead atoms. The minimum absolute atomic E-state index is 0.167. The van der Waals surface area contributed by atoms with Crippen molar-refractivity contribution in [2.24, 2.45) is 5.92 Å². The molecule has 5 rings (SSSR count). The SMILES string of the molecule is CC1(C(F)(F)F)c2cc3c(cc2OC2C=C4C(=O)OC(=O)C4=CC21)C(=O)OC3=O. The van der Waals surface area contributed by atoms with E-state index in [1.807, 2.05) is 0 Å². The van der Waals surface area contributed by atoms with Crippen LogP contribution in [0.1, 0.15) is 33.2 Å². The van der Waals surface area contributed by atoms with E-state index < -0.39 is 47.5 Å². The van der Waals surface area contributed by atoms with Gasteiger partial charge >= 0.3 is 30.1 Å². The summed E-state index contributed by atoms with van der Waals surface area (Å²) < 4.78 is 57.7. The number of alkyl halides is 3. The van der Waals surface area contributed by atoms with Gasteiger partial charge in [-0.25, -0.2) is 19.2 Å². The zero-order valence-electron chi connectivity index (χ0n) is 14.5. The molecule has 29 heavy (non-hydrogen) atoms. The fraction of sp³-hybridized carbons (Fsp3) is 0.263. The molecular formula is C19H9F3O7. The molecule has 4 aliphatic rings. The number of cyclic esters (lactones) is 4. The number of benzene rings is 1. The van der Waals surface area contributed by atoms with Crippen LogP contribution in [0.2, 0.25) is 0 Å². The molecular weight excluding hydrogens is 397 g/mol. The van der Waals surface area contributed by atoms with Gasteiger partial charge in [-0.3, -0.25) is 0 Å². The van der Waals surface area contributed by atoms with Crippen molar-refractivity contribution < 1.29 is 46.6 Å². The van der Waals surface area contributed by atoms with Crippen molar-refractivity contribution in [2.45, 2.75) is 24.6 Å². The quantitative estimate of drug-likeness (QED) is 0.481. The predicted octanol–water partition coefficient (Wildman–Crippen LogP) is 2.14. The Bertz CT molecular complexity index is 1130. The number of halogens is 3. The van der Waals surface area contributed by atoms with E-state index >= 15 is 0 Å². The Balaban J connectivity index is 1.77. The Labute approximate surface area is 159 Å². The van der Waals surface area contributed by atoms with Crippen molar-refractivity contribution in [2.75, 3.05) is 0 Å². The van der Waals surface area contributed by atoms with Gasteiger partial charge in [-0.2, -0.15) is 13.2 Å². The van der Waals surface area contributed by atoms with E-state index in [1.54, 1.807) is 0 Å². The van der Waals surface area contributed by atoms with Crippen LogP contribution in [-0.4, -0.2) is 36.2 Å². The molecule has 3 aliphatic heterocycles. The van der Waals surface area contributed by atoms with Gasteiger partial charge in [-0.1, -0.05) is 6.08 Å². The van der Waals surface area contributed by atoms with E-state index in [2.05, 4.69) is 9.47 Å². The predicted molar refractivity (Wildman–Crippen MR) is 84.8 cm³/mol. The number of carbonyl (C=O) groups excluding carboxylic acids is 4. The second-order valence-electron chi connectivity index (χ2n) is 7.22. The molecule has 1 fully saturated rings. The molecule has 1 aromatic rings. The number of fused-ring (bicyclic) bond motifs is 4. The summed E-state index contributed by atoms with van der Waals surface area (Å²) in [6.45, 7) is 0.915. The highest BCUT2D eigenvalue weighted by atomic mass is 19.4. The van der Waals surface area contributed by atoms with E-state index in [0.29, 0.717) is 0 Å². The van der Waals surface area contributed by atoms with Gasteiger partial charge in [0.05, 0.1) is 22.3 Å². The maximum Gasteiger partial charge on any atom is 0.399 e. The lowest BCUT2D eigenvalue weighted by atomic mass is 9.64. The third kappa shape index (κ3) is 2.08. The topological polar surface area (TPSA) is 96.0 Å².